The summed E-state index contributed by atoms with van der Waals surface area (Å²) in [4.78, 5) is 12.5. The predicted molar refractivity (Wildman–Crippen MR) is 79.9 cm³/mol. The minimum absolute atomic E-state index is 0.0393. The van der Waals surface area contributed by atoms with E-state index in [1.807, 2.05) is 18.2 Å². The van der Waals surface area contributed by atoms with Crippen molar-refractivity contribution in [2.24, 2.45) is 17.8 Å². The smallest absolute Gasteiger partial charge is 0.231 e. The van der Waals surface area contributed by atoms with Crippen LogP contribution in [-0.4, -0.2) is 11.9 Å². The fourth-order valence-corrected chi connectivity index (χ4v) is 3.45. The molecule has 0 bridgehead atoms. The lowest BCUT2D eigenvalue weighted by Crippen LogP contribution is -2.39. The number of rotatable bonds is 5. The van der Waals surface area contributed by atoms with E-state index >= 15 is 0 Å². The van der Waals surface area contributed by atoms with Crippen LogP contribution < -0.4 is 5.32 Å². The number of carbonyl (C=O) groups excluding carboxylic acids is 1. The lowest BCUT2D eigenvalue weighted by molar-refractivity contribution is -0.122. The van der Waals surface area contributed by atoms with E-state index in [-0.39, 0.29) is 11.8 Å². The lowest BCUT2D eigenvalue weighted by atomic mass is 10.1. The third kappa shape index (κ3) is 2.17. The average molecular weight is 267 g/mol. The van der Waals surface area contributed by atoms with Gasteiger partial charge in [-0.1, -0.05) is 35.9 Å². The van der Waals surface area contributed by atoms with Gasteiger partial charge in [-0.05, 0) is 55.6 Å². The van der Waals surface area contributed by atoms with Gasteiger partial charge in [0.2, 0.25) is 5.91 Å². The molecule has 2 saturated carbocycles. The van der Waals surface area contributed by atoms with E-state index < -0.39 is 0 Å². The molecule has 1 atom stereocenters. The molecule has 3 aliphatic carbocycles. The molecule has 3 aliphatic rings. The Morgan fingerprint density at radius 3 is 2.25 bits per heavy atom. The summed E-state index contributed by atoms with van der Waals surface area (Å²) in [5, 5.41) is 3.35. The van der Waals surface area contributed by atoms with Gasteiger partial charge in [0.15, 0.2) is 0 Å². The van der Waals surface area contributed by atoms with Crippen LogP contribution in [0.4, 0.5) is 0 Å². The molecule has 1 aromatic carbocycles. The number of carbonyl (C=O) groups is 1. The van der Waals surface area contributed by atoms with Crippen molar-refractivity contribution in [1.82, 2.24) is 5.32 Å². The Morgan fingerprint density at radius 2 is 1.70 bits per heavy atom. The van der Waals surface area contributed by atoms with Gasteiger partial charge in [0.1, 0.15) is 0 Å². The summed E-state index contributed by atoms with van der Waals surface area (Å²) in [6, 6.07) is 10.8. The SMILES string of the molecule is CC1=C(c2ccccc2)[C@@H]1C(=O)NC(C1CC1)C1CC1. The molecule has 0 unspecified atom stereocenters. The normalized spacial score (nSPS) is 25.0. The highest BCUT2D eigenvalue weighted by Crippen LogP contribution is 2.48. The maximum absolute atomic E-state index is 12.5. The first kappa shape index (κ1) is 12.2. The van der Waals surface area contributed by atoms with Crippen LogP contribution >= 0.6 is 0 Å². The van der Waals surface area contributed by atoms with Gasteiger partial charge >= 0.3 is 0 Å². The molecule has 2 heteroatoms. The van der Waals surface area contributed by atoms with Crippen LogP contribution in [0.25, 0.3) is 5.57 Å². The molecule has 104 valence electrons. The van der Waals surface area contributed by atoms with Gasteiger partial charge in [0.05, 0.1) is 5.92 Å². The van der Waals surface area contributed by atoms with Crippen molar-refractivity contribution in [2.45, 2.75) is 38.6 Å². The average Bonchev–Trinajstić information content (AvgIpc) is 3.33. The van der Waals surface area contributed by atoms with Crippen LogP contribution in [0, 0.1) is 17.8 Å². The first-order valence-corrected chi connectivity index (χ1v) is 7.82. The highest BCUT2D eigenvalue weighted by Gasteiger charge is 2.46. The Kier molecular flexibility index (Phi) is 2.73. The van der Waals surface area contributed by atoms with E-state index in [2.05, 4.69) is 24.4 Å². The van der Waals surface area contributed by atoms with Crippen LogP contribution in [0.2, 0.25) is 0 Å². The summed E-state index contributed by atoms with van der Waals surface area (Å²) in [5.74, 6) is 1.82. The second-order valence-electron chi connectivity index (χ2n) is 6.60. The van der Waals surface area contributed by atoms with E-state index in [4.69, 9.17) is 0 Å². The van der Waals surface area contributed by atoms with E-state index in [1.165, 1.54) is 42.4 Å². The maximum Gasteiger partial charge on any atom is 0.231 e. The standard InChI is InChI=1S/C18H21NO/c1-11-15(12-5-3-2-4-6-12)16(11)18(20)19-17(13-7-8-13)14-9-10-14/h2-6,13-14,16-17H,7-10H2,1H3,(H,19,20)/t16-/m1/s1. The molecule has 20 heavy (non-hydrogen) atoms. The van der Waals surface area contributed by atoms with Crippen LogP contribution in [0.15, 0.2) is 35.9 Å². The molecule has 1 aromatic rings. The zero-order valence-electron chi connectivity index (χ0n) is 11.9. The molecule has 1 N–H and O–H groups in total. The van der Waals surface area contributed by atoms with Gasteiger partial charge in [-0.3, -0.25) is 4.79 Å². The van der Waals surface area contributed by atoms with Crippen molar-refractivity contribution >= 4 is 11.5 Å². The molecule has 1 amide bonds. The second-order valence-corrected chi connectivity index (χ2v) is 6.60. The number of hydrogen-bond donors (Lipinski definition) is 1. The van der Waals surface area contributed by atoms with Crippen LogP contribution in [0.3, 0.4) is 0 Å². The first-order chi connectivity index (χ1) is 9.75. The molecular weight excluding hydrogens is 246 g/mol. The van der Waals surface area contributed by atoms with E-state index in [1.54, 1.807) is 0 Å². The monoisotopic (exact) mass is 267 g/mol. The van der Waals surface area contributed by atoms with Crippen molar-refractivity contribution in [3.05, 3.63) is 41.5 Å². The van der Waals surface area contributed by atoms with Gasteiger partial charge in [-0.15, -0.1) is 0 Å². The molecule has 0 spiro atoms. The van der Waals surface area contributed by atoms with E-state index in [0.717, 1.165) is 11.8 Å². The van der Waals surface area contributed by atoms with Crippen molar-refractivity contribution in [1.29, 1.82) is 0 Å². The summed E-state index contributed by atoms with van der Waals surface area (Å²) >= 11 is 0. The molecular formula is C18H21NO. The number of benzene rings is 1. The summed E-state index contributed by atoms with van der Waals surface area (Å²) in [7, 11) is 0. The molecule has 0 radical (unpaired) electrons. The van der Waals surface area contributed by atoms with Gasteiger partial charge in [0.25, 0.3) is 0 Å². The fraction of sp³-hybridized carbons (Fsp3) is 0.500. The van der Waals surface area contributed by atoms with Gasteiger partial charge in [-0.25, -0.2) is 0 Å². The van der Waals surface area contributed by atoms with Crippen molar-refractivity contribution in [3.8, 4) is 0 Å². The van der Waals surface area contributed by atoms with Crippen LogP contribution in [0.5, 0.6) is 0 Å². The zero-order chi connectivity index (χ0) is 13.7. The van der Waals surface area contributed by atoms with Crippen LogP contribution in [-0.2, 0) is 4.79 Å². The minimum atomic E-state index is 0.0393. The highest BCUT2D eigenvalue weighted by atomic mass is 16.2. The molecule has 0 aliphatic heterocycles. The maximum atomic E-state index is 12.5. The van der Waals surface area contributed by atoms with E-state index in [0.29, 0.717) is 6.04 Å². The number of amides is 1. The third-order valence-electron chi connectivity index (χ3n) is 4.98. The number of nitrogens with one attached hydrogen (secondary N) is 1. The molecule has 0 aromatic heterocycles. The second kappa shape index (κ2) is 4.47. The Morgan fingerprint density at radius 1 is 1.10 bits per heavy atom. The summed E-state index contributed by atoms with van der Waals surface area (Å²) in [6.45, 7) is 2.09. The molecule has 4 rings (SSSR count). The van der Waals surface area contributed by atoms with Crippen molar-refractivity contribution in [2.75, 3.05) is 0 Å². The molecule has 0 saturated heterocycles. The lowest BCUT2D eigenvalue weighted by Gasteiger charge is -2.18. The number of hydrogen-bond acceptors (Lipinski definition) is 1. The van der Waals surface area contributed by atoms with Crippen LogP contribution in [0.1, 0.15) is 38.2 Å². The largest absolute Gasteiger partial charge is 0.352 e. The summed E-state index contributed by atoms with van der Waals surface area (Å²) in [6.07, 6.45) is 5.24. The predicted octanol–water partition coefficient (Wildman–Crippen LogP) is 3.39. The Bertz CT molecular complexity index is 554. The summed E-state index contributed by atoms with van der Waals surface area (Å²) in [5.41, 5.74) is 3.70. The van der Waals surface area contributed by atoms with E-state index in [9.17, 15) is 4.79 Å². The molecule has 2 fully saturated rings. The third-order valence-corrected chi connectivity index (χ3v) is 4.98. The molecule has 2 nitrogen and oxygen atoms in total. The van der Waals surface area contributed by atoms with Crippen molar-refractivity contribution < 1.29 is 4.79 Å². The van der Waals surface area contributed by atoms with Gasteiger partial charge in [-0.2, -0.15) is 0 Å². The summed E-state index contributed by atoms with van der Waals surface area (Å²) < 4.78 is 0. The highest BCUT2D eigenvalue weighted by molar-refractivity contribution is 6.06. The zero-order valence-corrected chi connectivity index (χ0v) is 11.9. The first-order valence-electron chi connectivity index (χ1n) is 7.82. The van der Waals surface area contributed by atoms with Crippen molar-refractivity contribution in [3.63, 3.8) is 0 Å². The Labute approximate surface area is 120 Å². The van der Waals surface area contributed by atoms with Gasteiger partial charge in [0, 0.05) is 6.04 Å². The quantitative estimate of drug-likeness (QED) is 0.870. The molecule has 0 heterocycles. The minimum Gasteiger partial charge on any atom is -0.352 e. The fourth-order valence-electron chi connectivity index (χ4n) is 3.45. The topological polar surface area (TPSA) is 29.1 Å². The Hall–Kier alpha value is -1.57. The van der Waals surface area contributed by atoms with Gasteiger partial charge < -0.3 is 5.32 Å². The Balaban J connectivity index is 1.43.